The van der Waals surface area contributed by atoms with Gasteiger partial charge in [0.2, 0.25) is 0 Å². The van der Waals surface area contributed by atoms with E-state index in [4.69, 9.17) is 5.11 Å². The summed E-state index contributed by atoms with van der Waals surface area (Å²) in [6, 6.07) is 0. The first-order valence-electron chi connectivity index (χ1n) is 3.46. The van der Waals surface area contributed by atoms with E-state index in [-0.39, 0.29) is 6.61 Å². The lowest BCUT2D eigenvalue weighted by Gasteiger charge is -2.03. The van der Waals surface area contributed by atoms with Crippen LogP contribution in [-0.4, -0.2) is 28.7 Å². The molecule has 0 atom stereocenters. The molecule has 2 N–H and O–H groups in total. The van der Waals surface area contributed by atoms with Crippen LogP contribution in [0.4, 0.5) is 5.69 Å². The Labute approximate surface area is 65.3 Å². The normalized spacial score (nSPS) is 9.64. The van der Waals surface area contributed by atoms with Crippen LogP contribution in [0.25, 0.3) is 0 Å². The second-order valence-corrected chi connectivity index (χ2v) is 2.11. The third kappa shape index (κ3) is 1.88. The molecule has 0 saturated heterocycles. The third-order valence-corrected chi connectivity index (χ3v) is 1.41. The van der Waals surface area contributed by atoms with Crippen molar-refractivity contribution < 1.29 is 5.11 Å². The van der Waals surface area contributed by atoms with Crippen LogP contribution in [0.2, 0.25) is 0 Å². The molecule has 1 heterocycles. The predicted octanol–water partition coefficient (Wildman–Crippen LogP) is 0.0531. The molecule has 0 bridgehead atoms. The van der Waals surface area contributed by atoms with Gasteiger partial charge in [-0.15, -0.1) is 0 Å². The molecule has 1 aromatic rings. The molecule has 0 aliphatic heterocycles. The van der Waals surface area contributed by atoms with Crippen LogP contribution in [0.15, 0.2) is 12.5 Å². The Hall–Kier alpha value is -1.16. The standard InChI is InChI=1S/C7H11N3O/c1-8-7-4-9-5-10-6(7)2-3-11/h4-5,8,11H,2-3H2,1H3. The first-order chi connectivity index (χ1) is 5.38. The van der Waals surface area contributed by atoms with E-state index >= 15 is 0 Å². The predicted molar refractivity (Wildman–Crippen MR) is 42.4 cm³/mol. The van der Waals surface area contributed by atoms with Crippen molar-refractivity contribution in [1.29, 1.82) is 0 Å². The number of anilines is 1. The van der Waals surface area contributed by atoms with Crippen molar-refractivity contribution >= 4 is 5.69 Å². The van der Waals surface area contributed by atoms with Gasteiger partial charge in [-0.05, 0) is 0 Å². The highest BCUT2D eigenvalue weighted by molar-refractivity contribution is 5.44. The largest absolute Gasteiger partial charge is 0.396 e. The van der Waals surface area contributed by atoms with Gasteiger partial charge >= 0.3 is 0 Å². The number of rotatable bonds is 3. The molecular formula is C7H11N3O. The quantitative estimate of drug-likeness (QED) is 0.644. The Balaban J connectivity index is 2.83. The van der Waals surface area contributed by atoms with Gasteiger partial charge in [-0.25, -0.2) is 9.97 Å². The average Bonchev–Trinajstić information content (AvgIpc) is 2.06. The molecule has 1 aromatic heterocycles. The summed E-state index contributed by atoms with van der Waals surface area (Å²) < 4.78 is 0. The Morgan fingerprint density at radius 3 is 3.09 bits per heavy atom. The fourth-order valence-corrected chi connectivity index (χ4v) is 0.869. The van der Waals surface area contributed by atoms with Crippen LogP contribution in [0.3, 0.4) is 0 Å². The lowest BCUT2D eigenvalue weighted by atomic mass is 10.3. The van der Waals surface area contributed by atoms with Crippen LogP contribution in [0.1, 0.15) is 5.69 Å². The van der Waals surface area contributed by atoms with Crippen molar-refractivity contribution in [3.05, 3.63) is 18.2 Å². The number of aromatic nitrogens is 2. The van der Waals surface area contributed by atoms with E-state index < -0.39 is 0 Å². The number of aliphatic hydroxyl groups excluding tert-OH is 1. The molecule has 0 aromatic carbocycles. The van der Waals surface area contributed by atoms with Gasteiger partial charge in [0, 0.05) is 20.1 Å². The maximum absolute atomic E-state index is 8.65. The van der Waals surface area contributed by atoms with Gasteiger partial charge in [-0.1, -0.05) is 0 Å². The van der Waals surface area contributed by atoms with Crippen LogP contribution in [-0.2, 0) is 6.42 Å². The van der Waals surface area contributed by atoms with E-state index in [0.29, 0.717) is 6.42 Å². The fraction of sp³-hybridized carbons (Fsp3) is 0.429. The van der Waals surface area contributed by atoms with Gasteiger partial charge in [0.1, 0.15) is 6.33 Å². The minimum absolute atomic E-state index is 0.117. The van der Waals surface area contributed by atoms with Crippen molar-refractivity contribution in [2.24, 2.45) is 0 Å². The molecule has 0 aliphatic rings. The number of nitrogens with zero attached hydrogens (tertiary/aromatic N) is 2. The lowest BCUT2D eigenvalue weighted by molar-refractivity contribution is 0.298. The summed E-state index contributed by atoms with van der Waals surface area (Å²) >= 11 is 0. The van der Waals surface area contributed by atoms with Crippen LogP contribution in [0, 0.1) is 0 Å². The number of nitrogens with one attached hydrogen (secondary N) is 1. The molecule has 0 unspecified atom stereocenters. The molecule has 0 spiro atoms. The van der Waals surface area contributed by atoms with Crippen LogP contribution >= 0.6 is 0 Å². The SMILES string of the molecule is CNc1cncnc1CCO. The summed E-state index contributed by atoms with van der Waals surface area (Å²) in [7, 11) is 1.81. The maximum atomic E-state index is 8.65. The molecule has 0 aliphatic carbocycles. The number of hydrogen-bond acceptors (Lipinski definition) is 4. The molecule has 60 valence electrons. The molecule has 4 nitrogen and oxygen atoms in total. The fourth-order valence-electron chi connectivity index (χ4n) is 0.869. The summed E-state index contributed by atoms with van der Waals surface area (Å²) in [5.74, 6) is 0. The number of aliphatic hydroxyl groups is 1. The molecule has 0 amide bonds. The van der Waals surface area contributed by atoms with Gasteiger partial charge in [-0.2, -0.15) is 0 Å². The topological polar surface area (TPSA) is 58.0 Å². The van der Waals surface area contributed by atoms with Crippen molar-refractivity contribution in [3.8, 4) is 0 Å². The summed E-state index contributed by atoms with van der Waals surface area (Å²) in [6.45, 7) is 0.117. The minimum Gasteiger partial charge on any atom is -0.396 e. The minimum atomic E-state index is 0.117. The Kier molecular flexibility index (Phi) is 2.80. The van der Waals surface area contributed by atoms with Gasteiger partial charge in [0.15, 0.2) is 0 Å². The van der Waals surface area contributed by atoms with Crippen molar-refractivity contribution in [3.63, 3.8) is 0 Å². The van der Waals surface area contributed by atoms with E-state index in [1.807, 2.05) is 0 Å². The van der Waals surface area contributed by atoms with Crippen molar-refractivity contribution in [2.75, 3.05) is 19.0 Å². The average molecular weight is 153 g/mol. The van der Waals surface area contributed by atoms with Gasteiger partial charge < -0.3 is 10.4 Å². The first-order valence-corrected chi connectivity index (χ1v) is 3.46. The summed E-state index contributed by atoms with van der Waals surface area (Å²) in [5, 5.41) is 11.6. The van der Waals surface area contributed by atoms with Crippen molar-refractivity contribution in [2.45, 2.75) is 6.42 Å². The van der Waals surface area contributed by atoms with Crippen LogP contribution in [0.5, 0.6) is 0 Å². The molecule has 1 rings (SSSR count). The van der Waals surface area contributed by atoms with E-state index in [1.54, 1.807) is 13.2 Å². The lowest BCUT2D eigenvalue weighted by Crippen LogP contribution is -2.01. The van der Waals surface area contributed by atoms with Gasteiger partial charge in [-0.3, -0.25) is 0 Å². The zero-order chi connectivity index (χ0) is 8.10. The Bertz CT molecular complexity index is 227. The third-order valence-electron chi connectivity index (χ3n) is 1.41. The highest BCUT2D eigenvalue weighted by Crippen LogP contribution is 2.08. The zero-order valence-electron chi connectivity index (χ0n) is 6.41. The smallest absolute Gasteiger partial charge is 0.115 e. The summed E-state index contributed by atoms with van der Waals surface area (Å²) in [4.78, 5) is 7.85. The van der Waals surface area contributed by atoms with E-state index in [0.717, 1.165) is 11.4 Å². The number of hydrogen-bond donors (Lipinski definition) is 2. The highest BCUT2D eigenvalue weighted by Gasteiger charge is 1.99. The van der Waals surface area contributed by atoms with Gasteiger partial charge in [0.25, 0.3) is 0 Å². The van der Waals surface area contributed by atoms with Crippen molar-refractivity contribution in [1.82, 2.24) is 9.97 Å². The maximum Gasteiger partial charge on any atom is 0.115 e. The summed E-state index contributed by atoms with van der Waals surface area (Å²) in [6.07, 6.45) is 3.74. The monoisotopic (exact) mass is 153 g/mol. The summed E-state index contributed by atoms with van der Waals surface area (Å²) in [5.41, 5.74) is 1.73. The Morgan fingerprint density at radius 2 is 2.45 bits per heavy atom. The molecule has 0 fully saturated rings. The second-order valence-electron chi connectivity index (χ2n) is 2.11. The van der Waals surface area contributed by atoms with E-state index in [1.165, 1.54) is 6.33 Å². The first kappa shape index (κ1) is 7.94. The molecule has 0 saturated carbocycles. The Morgan fingerprint density at radius 1 is 1.64 bits per heavy atom. The zero-order valence-corrected chi connectivity index (χ0v) is 6.41. The second kappa shape index (κ2) is 3.88. The van der Waals surface area contributed by atoms with Gasteiger partial charge in [0.05, 0.1) is 17.6 Å². The molecular weight excluding hydrogens is 142 g/mol. The highest BCUT2D eigenvalue weighted by atomic mass is 16.3. The van der Waals surface area contributed by atoms with Crippen LogP contribution < -0.4 is 5.32 Å². The molecule has 4 heteroatoms. The molecule has 11 heavy (non-hydrogen) atoms. The molecule has 0 radical (unpaired) electrons. The van der Waals surface area contributed by atoms with E-state index in [2.05, 4.69) is 15.3 Å². The van der Waals surface area contributed by atoms with E-state index in [9.17, 15) is 0 Å².